The van der Waals surface area contributed by atoms with Gasteiger partial charge in [-0.15, -0.1) is 0 Å². The second-order valence-corrected chi connectivity index (χ2v) is 4.47. The molecule has 72 valence electrons. The minimum Gasteiger partial charge on any atom is -0.309 e. The second-order valence-electron chi connectivity index (χ2n) is 4.47. The van der Waals surface area contributed by atoms with Crippen LogP contribution in [0, 0.1) is 5.41 Å². The number of Topliss-reactive ketones (excluding diaryl/α,β-unsaturated/α-hetero) is 1. The van der Waals surface area contributed by atoms with Crippen molar-refractivity contribution >= 4 is 5.78 Å². The Balaban J connectivity index is 3.94. The van der Waals surface area contributed by atoms with E-state index >= 15 is 0 Å². The zero-order valence-electron chi connectivity index (χ0n) is 8.98. The van der Waals surface area contributed by atoms with Gasteiger partial charge in [0.1, 0.15) is 5.78 Å². The maximum Gasteiger partial charge on any atom is 0.133 e. The van der Waals surface area contributed by atoms with Crippen molar-refractivity contribution in [2.24, 2.45) is 5.41 Å². The fraction of sp³-hybridized carbons (Fsp3) is 0.900. The molecule has 0 spiro atoms. The molecular weight excluding hydrogens is 150 g/mol. The number of carbonyl (C=O) groups is 1. The molecule has 0 saturated carbocycles. The molecule has 0 radical (unpaired) electrons. The quantitative estimate of drug-likeness (QED) is 0.630. The van der Waals surface area contributed by atoms with Crippen molar-refractivity contribution in [2.45, 2.75) is 33.6 Å². The average Bonchev–Trinajstić information content (AvgIpc) is 1.83. The third kappa shape index (κ3) is 5.30. The molecule has 0 aliphatic heterocycles. The second kappa shape index (κ2) is 4.61. The summed E-state index contributed by atoms with van der Waals surface area (Å²) in [5, 5.41) is 0. The van der Waals surface area contributed by atoms with Gasteiger partial charge in [0.05, 0.1) is 0 Å². The monoisotopic (exact) mass is 171 g/mol. The van der Waals surface area contributed by atoms with E-state index in [1.165, 1.54) is 0 Å². The normalized spacial score (nSPS) is 12.2. The first kappa shape index (κ1) is 11.6. The van der Waals surface area contributed by atoms with Crippen LogP contribution in [0.15, 0.2) is 0 Å². The third-order valence-corrected chi connectivity index (χ3v) is 1.81. The Bertz CT molecular complexity index is 150. The first-order valence-corrected chi connectivity index (χ1v) is 4.54. The Labute approximate surface area is 75.9 Å². The number of ketones is 1. The van der Waals surface area contributed by atoms with Crippen LogP contribution in [-0.4, -0.2) is 31.3 Å². The topological polar surface area (TPSA) is 20.3 Å². The van der Waals surface area contributed by atoms with Crippen LogP contribution in [0.5, 0.6) is 0 Å². The minimum atomic E-state index is 0.122. The van der Waals surface area contributed by atoms with Crippen molar-refractivity contribution in [2.75, 3.05) is 20.6 Å². The van der Waals surface area contributed by atoms with Crippen molar-refractivity contribution in [1.82, 2.24) is 4.90 Å². The van der Waals surface area contributed by atoms with E-state index in [1.807, 2.05) is 21.0 Å². The molecular formula is C10H21NO. The zero-order chi connectivity index (χ0) is 9.78. The molecule has 2 heteroatoms. The lowest BCUT2D eigenvalue weighted by atomic mass is 9.86. The summed E-state index contributed by atoms with van der Waals surface area (Å²) in [5.41, 5.74) is 0.122. The van der Waals surface area contributed by atoms with Crippen LogP contribution in [0.1, 0.15) is 33.6 Å². The fourth-order valence-electron chi connectivity index (χ4n) is 1.57. The van der Waals surface area contributed by atoms with Crippen molar-refractivity contribution < 1.29 is 4.79 Å². The number of hydrogen-bond donors (Lipinski definition) is 0. The SMILES string of the molecule is CCC(=O)CC(C)(C)CN(C)C. The summed E-state index contributed by atoms with van der Waals surface area (Å²) in [5.74, 6) is 0.363. The highest BCUT2D eigenvalue weighted by atomic mass is 16.1. The Kier molecular flexibility index (Phi) is 4.46. The molecule has 12 heavy (non-hydrogen) atoms. The highest BCUT2D eigenvalue weighted by Crippen LogP contribution is 2.21. The number of carbonyl (C=O) groups excluding carboxylic acids is 1. The van der Waals surface area contributed by atoms with Gasteiger partial charge in [0.2, 0.25) is 0 Å². The first-order valence-electron chi connectivity index (χ1n) is 4.54. The van der Waals surface area contributed by atoms with E-state index in [-0.39, 0.29) is 5.41 Å². The van der Waals surface area contributed by atoms with E-state index in [0.29, 0.717) is 18.6 Å². The van der Waals surface area contributed by atoms with E-state index in [1.54, 1.807) is 0 Å². The van der Waals surface area contributed by atoms with Crippen LogP contribution >= 0.6 is 0 Å². The van der Waals surface area contributed by atoms with Gasteiger partial charge in [0, 0.05) is 19.4 Å². The molecule has 0 rings (SSSR count). The summed E-state index contributed by atoms with van der Waals surface area (Å²) in [6.07, 6.45) is 1.36. The van der Waals surface area contributed by atoms with Gasteiger partial charge >= 0.3 is 0 Å². The molecule has 0 bridgehead atoms. The molecule has 0 heterocycles. The Morgan fingerprint density at radius 1 is 1.33 bits per heavy atom. The maximum absolute atomic E-state index is 11.2. The highest BCUT2D eigenvalue weighted by Gasteiger charge is 2.21. The molecule has 0 unspecified atom stereocenters. The van der Waals surface area contributed by atoms with Gasteiger partial charge in [-0.1, -0.05) is 20.8 Å². The Morgan fingerprint density at radius 3 is 2.17 bits per heavy atom. The summed E-state index contributed by atoms with van der Waals surface area (Å²) >= 11 is 0. The molecule has 0 aromatic rings. The van der Waals surface area contributed by atoms with Gasteiger partial charge in [-0.3, -0.25) is 4.79 Å². The largest absolute Gasteiger partial charge is 0.309 e. The number of hydrogen-bond acceptors (Lipinski definition) is 2. The Hall–Kier alpha value is -0.370. The van der Waals surface area contributed by atoms with Gasteiger partial charge in [-0.2, -0.15) is 0 Å². The van der Waals surface area contributed by atoms with E-state index in [9.17, 15) is 4.79 Å². The summed E-state index contributed by atoms with van der Waals surface area (Å²) < 4.78 is 0. The minimum absolute atomic E-state index is 0.122. The maximum atomic E-state index is 11.2. The molecule has 2 nitrogen and oxygen atoms in total. The molecule has 0 saturated heterocycles. The summed E-state index contributed by atoms with van der Waals surface area (Å²) in [7, 11) is 4.08. The number of rotatable bonds is 5. The highest BCUT2D eigenvalue weighted by molar-refractivity contribution is 5.78. The van der Waals surface area contributed by atoms with Crippen molar-refractivity contribution in [3.8, 4) is 0 Å². The van der Waals surface area contributed by atoms with Crippen LogP contribution in [0.25, 0.3) is 0 Å². The molecule has 0 aliphatic carbocycles. The van der Waals surface area contributed by atoms with Crippen LogP contribution < -0.4 is 0 Å². The van der Waals surface area contributed by atoms with Gasteiger partial charge in [0.25, 0.3) is 0 Å². The van der Waals surface area contributed by atoms with Crippen molar-refractivity contribution in [3.63, 3.8) is 0 Å². The molecule has 0 atom stereocenters. The average molecular weight is 171 g/mol. The molecule has 0 aromatic carbocycles. The molecule has 0 amide bonds. The first-order chi connectivity index (χ1) is 5.37. The number of nitrogens with zero attached hydrogens (tertiary/aromatic N) is 1. The predicted octanol–water partition coefficient (Wildman–Crippen LogP) is 1.94. The predicted molar refractivity (Wildman–Crippen MR) is 52.3 cm³/mol. The van der Waals surface area contributed by atoms with Crippen LogP contribution in [-0.2, 0) is 4.79 Å². The molecule has 0 N–H and O–H groups in total. The molecule has 0 fully saturated rings. The lowest BCUT2D eigenvalue weighted by Gasteiger charge is -2.27. The lowest BCUT2D eigenvalue weighted by molar-refractivity contribution is -0.120. The summed E-state index contributed by atoms with van der Waals surface area (Å²) in [6.45, 7) is 7.17. The van der Waals surface area contributed by atoms with Crippen molar-refractivity contribution in [1.29, 1.82) is 0 Å². The molecule has 0 aliphatic rings. The van der Waals surface area contributed by atoms with E-state index in [4.69, 9.17) is 0 Å². The van der Waals surface area contributed by atoms with Crippen LogP contribution in [0.3, 0.4) is 0 Å². The standard InChI is InChI=1S/C10H21NO/c1-6-9(12)7-10(2,3)8-11(4)5/h6-8H2,1-5H3. The summed E-state index contributed by atoms with van der Waals surface area (Å²) in [6, 6.07) is 0. The van der Waals surface area contributed by atoms with Gasteiger partial charge < -0.3 is 4.90 Å². The van der Waals surface area contributed by atoms with Crippen LogP contribution in [0.4, 0.5) is 0 Å². The Morgan fingerprint density at radius 2 is 1.83 bits per heavy atom. The van der Waals surface area contributed by atoms with E-state index in [0.717, 1.165) is 6.54 Å². The fourth-order valence-corrected chi connectivity index (χ4v) is 1.57. The summed E-state index contributed by atoms with van der Waals surface area (Å²) in [4.78, 5) is 13.3. The van der Waals surface area contributed by atoms with Gasteiger partial charge in [0.15, 0.2) is 0 Å². The third-order valence-electron chi connectivity index (χ3n) is 1.81. The smallest absolute Gasteiger partial charge is 0.133 e. The lowest BCUT2D eigenvalue weighted by Crippen LogP contribution is -2.30. The van der Waals surface area contributed by atoms with Crippen molar-refractivity contribution in [3.05, 3.63) is 0 Å². The van der Waals surface area contributed by atoms with Gasteiger partial charge in [-0.25, -0.2) is 0 Å². The van der Waals surface area contributed by atoms with Crippen LogP contribution in [0.2, 0.25) is 0 Å². The van der Waals surface area contributed by atoms with E-state index in [2.05, 4.69) is 18.7 Å². The van der Waals surface area contributed by atoms with Gasteiger partial charge in [-0.05, 0) is 19.5 Å². The molecule has 0 aromatic heterocycles. The zero-order valence-corrected chi connectivity index (χ0v) is 8.98. The van der Waals surface area contributed by atoms with E-state index < -0.39 is 0 Å².